The van der Waals surface area contributed by atoms with Crippen molar-refractivity contribution in [1.82, 2.24) is 4.98 Å². The normalized spacial score (nSPS) is 11.9. The Kier molecular flexibility index (Phi) is 4.05. The van der Waals surface area contributed by atoms with E-state index in [4.69, 9.17) is 16.3 Å². The van der Waals surface area contributed by atoms with Gasteiger partial charge in [0.1, 0.15) is 10.9 Å². The van der Waals surface area contributed by atoms with E-state index < -0.39 is 0 Å². The van der Waals surface area contributed by atoms with Crippen LogP contribution >= 0.6 is 11.6 Å². The van der Waals surface area contributed by atoms with E-state index in [2.05, 4.69) is 17.2 Å². The molecule has 3 nitrogen and oxygen atoms in total. The topological polar surface area (TPSA) is 34.1 Å². The highest BCUT2D eigenvalue weighted by Gasteiger charge is 2.05. The second-order valence-corrected chi connectivity index (χ2v) is 4.39. The molecule has 0 saturated heterocycles. The third kappa shape index (κ3) is 3.14. The van der Waals surface area contributed by atoms with Gasteiger partial charge in [-0.15, -0.1) is 0 Å². The highest BCUT2D eigenvalue weighted by atomic mass is 35.5. The first kappa shape index (κ1) is 12.7. The van der Waals surface area contributed by atoms with Gasteiger partial charge in [-0.05, 0) is 36.8 Å². The summed E-state index contributed by atoms with van der Waals surface area (Å²) in [4.78, 5) is 3.95. The Morgan fingerprint density at radius 3 is 2.56 bits per heavy atom. The molecule has 1 atom stereocenters. The van der Waals surface area contributed by atoms with Gasteiger partial charge in [0, 0.05) is 17.9 Å². The molecule has 0 saturated carbocycles. The number of halogens is 1. The predicted octanol–water partition coefficient (Wildman–Crippen LogP) is 3.92. The number of nitrogens with zero attached hydrogens (tertiary/aromatic N) is 1. The first-order valence-corrected chi connectivity index (χ1v) is 6.09. The Balaban J connectivity index is 2.09. The van der Waals surface area contributed by atoms with Crippen LogP contribution in [0.4, 0.5) is 5.69 Å². The molecule has 2 aromatic rings. The molecule has 18 heavy (non-hydrogen) atoms. The van der Waals surface area contributed by atoms with Gasteiger partial charge in [-0.1, -0.05) is 23.7 Å². The molecule has 0 spiro atoms. The number of anilines is 1. The Labute approximate surface area is 112 Å². The molecule has 0 aliphatic rings. The summed E-state index contributed by atoms with van der Waals surface area (Å²) in [6, 6.07) is 11.9. The molecule has 1 unspecified atom stereocenters. The lowest BCUT2D eigenvalue weighted by atomic mass is 10.1. The molecule has 1 aromatic heterocycles. The summed E-state index contributed by atoms with van der Waals surface area (Å²) in [6.45, 7) is 2.09. The Hall–Kier alpha value is -1.74. The van der Waals surface area contributed by atoms with Crippen molar-refractivity contribution in [2.24, 2.45) is 0 Å². The van der Waals surface area contributed by atoms with Crippen LogP contribution in [0.3, 0.4) is 0 Å². The van der Waals surface area contributed by atoms with Crippen molar-refractivity contribution in [1.29, 1.82) is 0 Å². The van der Waals surface area contributed by atoms with Crippen molar-refractivity contribution in [3.05, 3.63) is 53.3 Å². The number of hydrogen-bond acceptors (Lipinski definition) is 3. The van der Waals surface area contributed by atoms with Crippen LogP contribution < -0.4 is 10.1 Å². The van der Waals surface area contributed by atoms with Crippen molar-refractivity contribution in [3.8, 4) is 5.75 Å². The lowest BCUT2D eigenvalue weighted by Crippen LogP contribution is -2.06. The van der Waals surface area contributed by atoms with Gasteiger partial charge >= 0.3 is 0 Å². The number of aromatic nitrogens is 1. The predicted molar refractivity (Wildman–Crippen MR) is 74.3 cm³/mol. The number of hydrogen-bond donors (Lipinski definition) is 1. The average Bonchev–Trinajstić information content (AvgIpc) is 2.39. The standard InChI is InChI=1S/C14H15ClN2O/c1-10(11-3-5-13(18-2)6-4-11)17-12-7-8-16-14(15)9-12/h3-10H,1-2H3,(H,16,17). The zero-order valence-electron chi connectivity index (χ0n) is 10.4. The minimum Gasteiger partial charge on any atom is -0.497 e. The largest absolute Gasteiger partial charge is 0.497 e. The average molecular weight is 263 g/mol. The van der Waals surface area contributed by atoms with Gasteiger partial charge in [-0.25, -0.2) is 4.98 Å². The van der Waals surface area contributed by atoms with Crippen molar-refractivity contribution in [2.75, 3.05) is 12.4 Å². The fraction of sp³-hybridized carbons (Fsp3) is 0.214. The zero-order valence-corrected chi connectivity index (χ0v) is 11.1. The van der Waals surface area contributed by atoms with Gasteiger partial charge in [0.15, 0.2) is 0 Å². The number of pyridine rings is 1. The molecule has 94 valence electrons. The van der Waals surface area contributed by atoms with Crippen LogP contribution in [0.2, 0.25) is 5.15 Å². The van der Waals surface area contributed by atoms with Gasteiger partial charge < -0.3 is 10.1 Å². The van der Waals surface area contributed by atoms with Crippen molar-refractivity contribution in [2.45, 2.75) is 13.0 Å². The molecule has 0 bridgehead atoms. The third-order valence-electron chi connectivity index (χ3n) is 2.73. The molecule has 1 N–H and O–H groups in total. The number of nitrogens with one attached hydrogen (secondary N) is 1. The molecular weight excluding hydrogens is 248 g/mol. The number of benzene rings is 1. The second-order valence-electron chi connectivity index (χ2n) is 4.01. The molecule has 2 rings (SSSR count). The maximum absolute atomic E-state index is 5.85. The highest BCUT2D eigenvalue weighted by Crippen LogP contribution is 2.22. The Morgan fingerprint density at radius 2 is 1.94 bits per heavy atom. The SMILES string of the molecule is COc1ccc(C(C)Nc2ccnc(Cl)c2)cc1. The van der Waals surface area contributed by atoms with Crippen LogP contribution in [0.25, 0.3) is 0 Å². The summed E-state index contributed by atoms with van der Waals surface area (Å²) in [7, 11) is 1.66. The monoisotopic (exact) mass is 262 g/mol. The number of ether oxygens (including phenoxy) is 1. The van der Waals surface area contributed by atoms with Crippen LogP contribution in [0.1, 0.15) is 18.5 Å². The minimum absolute atomic E-state index is 0.189. The molecule has 0 aliphatic heterocycles. The minimum atomic E-state index is 0.189. The van der Waals surface area contributed by atoms with E-state index in [0.717, 1.165) is 11.4 Å². The van der Waals surface area contributed by atoms with Gasteiger partial charge in [0.2, 0.25) is 0 Å². The maximum Gasteiger partial charge on any atom is 0.131 e. The fourth-order valence-electron chi connectivity index (χ4n) is 1.72. The van der Waals surface area contributed by atoms with Gasteiger partial charge in [0.05, 0.1) is 7.11 Å². The summed E-state index contributed by atoms with van der Waals surface area (Å²) in [5, 5.41) is 3.86. The first-order valence-electron chi connectivity index (χ1n) is 5.71. The van der Waals surface area contributed by atoms with Crippen LogP contribution in [-0.4, -0.2) is 12.1 Å². The van der Waals surface area contributed by atoms with Crippen molar-refractivity contribution in [3.63, 3.8) is 0 Å². The van der Waals surface area contributed by atoms with Gasteiger partial charge in [-0.3, -0.25) is 0 Å². The smallest absolute Gasteiger partial charge is 0.131 e. The molecular formula is C14H15ClN2O. The fourth-order valence-corrected chi connectivity index (χ4v) is 1.89. The van der Waals surface area contributed by atoms with E-state index >= 15 is 0 Å². The first-order chi connectivity index (χ1) is 8.69. The molecule has 0 fully saturated rings. The molecule has 0 amide bonds. The number of rotatable bonds is 4. The van der Waals surface area contributed by atoms with Crippen LogP contribution in [0, 0.1) is 0 Å². The third-order valence-corrected chi connectivity index (χ3v) is 2.93. The van der Waals surface area contributed by atoms with Crippen molar-refractivity contribution >= 4 is 17.3 Å². The van der Waals surface area contributed by atoms with E-state index in [0.29, 0.717) is 5.15 Å². The molecule has 0 aliphatic carbocycles. The van der Waals surface area contributed by atoms with Crippen LogP contribution in [0.5, 0.6) is 5.75 Å². The van der Waals surface area contributed by atoms with Crippen molar-refractivity contribution < 1.29 is 4.74 Å². The highest BCUT2D eigenvalue weighted by molar-refractivity contribution is 6.29. The Morgan fingerprint density at radius 1 is 1.22 bits per heavy atom. The summed E-state index contributed by atoms with van der Waals surface area (Å²) >= 11 is 5.85. The van der Waals surface area contributed by atoms with E-state index in [9.17, 15) is 0 Å². The summed E-state index contributed by atoms with van der Waals surface area (Å²) in [5.41, 5.74) is 2.14. The van der Waals surface area contributed by atoms with Gasteiger partial charge in [-0.2, -0.15) is 0 Å². The molecule has 4 heteroatoms. The lowest BCUT2D eigenvalue weighted by Gasteiger charge is -2.16. The molecule has 1 aromatic carbocycles. The summed E-state index contributed by atoms with van der Waals surface area (Å²) < 4.78 is 5.14. The zero-order chi connectivity index (χ0) is 13.0. The lowest BCUT2D eigenvalue weighted by molar-refractivity contribution is 0.414. The van der Waals surface area contributed by atoms with Crippen LogP contribution in [-0.2, 0) is 0 Å². The van der Waals surface area contributed by atoms with Crippen LogP contribution in [0.15, 0.2) is 42.6 Å². The molecule has 0 radical (unpaired) electrons. The molecule has 1 heterocycles. The second kappa shape index (κ2) is 5.74. The number of methoxy groups -OCH3 is 1. The van der Waals surface area contributed by atoms with E-state index in [1.165, 1.54) is 5.56 Å². The van der Waals surface area contributed by atoms with E-state index in [-0.39, 0.29) is 6.04 Å². The van der Waals surface area contributed by atoms with E-state index in [1.807, 2.05) is 36.4 Å². The maximum atomic E-state index is 5.85. The Bertz CT molecular complexity index is 513. The summed E-state index contributed by atoms with van der Waals surface area (Å²) in [6.07, 6.45) is 1.69. The van der Waals surface area contributed by atoms with E-state index in [1.54, 1.807) is 13.3 Å². The van der Waals surface area contributed by atoms with Gasteiger partial charge in [0.25, 0.3) is 0 Å². The summed E-state index contributed by atoms with van der Waals surface area (Å²) in [5.74, 6) is 0.859. The quantitative estimate of drug-likeness (QED) is 0.848.